The maximum atomic E-state index is 12.8. The molecule has 0 saturated carbocycles. The van der Waals surface area contributed by atoms with Crippen LogP contribution < -0.4 is 5.73 Å². The maximum Gasteiger partial charge on any atom is 0.307 e. The summed E-state index contributed by atoms with van der Waals surface area (Å²) in [5.41, 5.74) is 4.79. The molecule has 4 nitrogen and oxygen atoms in total. The molecule has 0 aromatic heterocycles. The van der Waals surface area contributed by atoms with Crippen molar-refractivity contribution in [3.05, 3.63) is 29.8 Å². The van der Waals surface area contributed by atoms with E-state index in [-0.39, 0.29) is 6.42 Å². The number of benzene rings is 1. The highest BCUT2D eigenvalue weighted by atomic mass is 32.2. The van der Waals surface area contributed by atoms with Gasteiger partial charge in [0.15, 0.2) is 18.2 Å². The fourth-order valence-electron chi connectivity index (χ4n) is 1.04. The number of amides is 1. The number of rotatable bonds is 6. The van der Waals surface area contributed by atoms with Crippen molar-refractivity contribution in [2.75, 3.05) is 12.4 Å². The van der Waals surface area contributed by atoms with E-state index in [1.807, 2.05) is 0 Å². The van der Waals surface area contributed by atoms with Crippen LogP contribution in [-0.2, 0) is 14.3 Å². The Labute approximate surface area is 106 Å². The Kier molecular flexibility index (Phi) is 5.57. The fraction of sp³-hybridized carbons (Fsp3) is 0.273. The molecule has 0 fully saturated rings. The standard InChI is InChI=1S/C11H11F2NO3S/c12-8-2-1-7(5-9(8)13)18-4-3-11(16)17-6-10(14)15/h1-2,5H,3-4,6H2,(H2,14,15). The van der Waals surface area contributed by atoms with Crippen LogP contribution in [0.1, 0.15) is 6.42 Å². The van der Waals surface area contributed by atoms with Crippen molar-refractivity contribution in [1.29, 1.82) is 0 Å². The normalized spacial score (nSPS) is 10.1. The zero-order valence-electron chi connectivity index (χ0n) is 9.32. The highest BCUT2D eigenvalue weighted by molar-refractivity contribution is 7.99. The van der Waals surface area contributed by atoms with Gasteiger partial charge in [0.1, 0.15) is 0 Å². The summed E-state index contributed by atoms with van der Waals surface area (Å²) in [6.45, 7) is -0.450. The molecule has 0 radical (unpaired) electrons. The van der Waals surface area contributed by atoms with Gasteiger partial charge in [0.25, 0.3) is 5.91 Å². The first-order chi connectivity index (χ1) is 8.49. The van der Waals surface area contributed by atoms with Gasteiger partial charge in [-0.05, 0) is 18.2 Å². The summed E-state index contributed by atoms with van der Waals surface area (Å²) in [5, 5.41) is 0. The van der Waals surface area contributed by atoms with E-state index in [1.54, 1.807) is 0 Å². The third-order valence-corrected chi connectivity index (χ3v) is 2.84. The minimum atomic E-state index is -0.934. The van der Waals surface area contributed by atoms with Crippen LogP contribution in [0.15, 0.2) is 23.1 Å². The molecule has 0 bridgehead atoms. The van der Waals surface area contributed by atoms with E-state index in [4.69, 9.17) is 5.73 Å². The lowest BCUT2D eigenvalue weighted by Gasteiger charge is -2.03. The highest BCUT2D eigenvalue weighted by Crippen LogP contribution is 2.21. The topological polar surface area (TPSA) is 69.4 Å². The summed E-state index contributed by atoms with van der Waals surface area (Å²) in [6.07, 6.45) is 0.0525. The third-order valence-electron chi connectivity index (χ3n) is 1.84. The second-order valence-electron chi connectivity index (χ2n) is 3.30. The summed E-state index contributed by atoms with van der Waals surface area (Å²) in [4.78, 5) is 21.9. The molecule has 0 atom stereocenters. The zero-order valence-corrected chi connectivity index (χ0v) is 10.1. The van der Waals surface area contributed by atoms with Crippen LogP contribution in [0.25, 0.3) is 0 Å². The maximum absolute atomic E-state index is 12.8. The number of ether oxygens (including phenoxy) is 1. The van der Waals surface area contributed by atoms with E-state index in [9.17, 15) is 18.4 Å². The van der Waals surface area contributed by atoms with Crippen LogP contribution in [0.2, 0.25) is 0 Å². The molecule has 0 aliphatic carbocycles. The lowest BCUT2D eigenvalue weighted by molar-refractivity contribution is -0.147. The molecule has 0 saturated heterocycles. The van der Waals surface area contributed by atoms with Crippen LogP contribution in [0.4, 0.5) is 8.78 Å². The van der Waals surface area contributed by atoms with Crippen LogP contribution >= 0.6 is 11.8 Å². The zero-order chi connectivity index (χ0) is 13.5. The van der Waals surface area contributed by atoms with Crippen LogP contribution in [0.5, 0.6) is 0 Å². The highest BCUT2D eigenvalue weighted by Gasteiger charge is 2.07. The SMILES string of the molecule is NC(=O)COC(=O)CCSc1ccc(F)c(F)c1. The second kappa shape index (κ2) is 6.95. The number of carbonyl (C=O) groups excluding carboxylic acids is 2. The predicted octanol–water partition coefficient (Wildman–Crippen LogP) is 1.48. The molecule has 1 amide bonds. The van der Waals surface area contributed by atoms with Gasteiger partial charge in [-0.15, -0.1) is 11.8 Å². The van der Waals surface area contributed by atoms with Gasteiger partial charge in [0.05, 0.1) is 6.42 Å². The molecule has 18 heavy (non-hydrogen) atoms. The monoisotopic (exact) mass is 275 g/mol. The van der Waals surface area contributed by atoms with E-state index in [2.05, 4.69) is 4.74 Å². The van der Waals surface area contributed by atoms with E-state index in [0.29, 0.717) is 10.6 Å². The average molecular weight is 275 g/mol. The van der Waals surface area contributed by atoms with Gasteiger partial charge in [0, 0.05) is 10.6 Å². The van der Waals surface area contributed by atoms with Crippen molar-refractivity contribution in [3.8, 4) is 0 Å². The van der Waals surface area contributed by atoms with Gasteiger partial charge < -0.3 is 10.5 Å². The number of thioether (sulfide) groups is 1. The Hall–Kier alpha value is -1.63. The second-order valence-corrected chi connectivity index (χ2v) is 4.47. The first-order valence-corrected chi connectivity index (χ1v) is 5.99. The molecule has 1 rings (SSSR count). The molecule has 0 aliphatic heterocycles. The summed E-state index contributed by atoms with van der Waals surface area (Å²) in [7, 11) is 0. The van der Waals surface area contributed by atoms with E-state index in [0.717, 1.165) is 12.1 Å². The molecule has 7 heteroatoms. The van der Waals surface area contributed by atoms with E-state index < -0.39 is 30.1 Å². The van der Waals surface area contributed by atoms with Crippen molar-refractivity contribution in [2.45, 2.75) is 11.3 Å². The van der Waals surface area contributed by atoms with E-state index >= 15 is 0 Å². The summed E-state index contributed by atoms with van der Waals surface area (Å²) in [6, 6.07) is 3.48. The lowest BCUT2D eigenvalue weighted by atomic mass is 10.3. The number of nitrogens with two attached hydrogens (primary N) is 1. The minimum Gasteiger partial charge on any atom is -0.456 e. The van der Waals surface area contributed by atoms with Gasteiger partial charge in [-0.2, -0.15) is 0 Å². The Bertz CT molecular complexity index is 454. The van der Waals surface area contributed by atoms with Crippen molar-refractivity contribution >= 4 is 23.6 Å². The molecule has 98 valence electrons. The molecular formula is C11H11F2NO3S. The third kappa shape index (κ3) is 5.13. The van der Waals surface area contributed by atoms with E-state index in [1.165, 1.54) is 17.8 Å². The van der Waals surface area contributed by atoms with Crippen LogP contribution in [0, 0.1) is 11.6 Å². The Balaban J connectivity index is 2.30. The average Bonchev–Trinajstić information content (AvgIpc) is 2.31. The predicted molar refractivity (Wildman–Crippen MR) is 61.9 cm³/mol. The fourth-order valence-corrected chi connectivity index (χ4v) is 1.90. The van der Waals surface area contributed by atoms with Gasteiger partial charge in [-0.1, -0.05) is 0 Å². The van der Waals surface area contributed by atoms with Gasteiger partial charge in [-0.3, -0.25) is 9.59 Å². The molecule has 0 heterocycles. The first kappa shape index (κ1) is 14.4. The van der Waals surface area contributed by atoms with Crippen molar-refractivity contribution in [1.82, 2.24) is 0 Å². The summed E-state index contributed by atoms with van der Waals surface area (Å²) in [5.74, 6) is -2.81. The van der Waals surface area contributed by atoms with Crippen molar-refractivity contribution in [3.63, 3.8) is 0 Å². The van der Waals surface area contributed by atoms with Crippen molar-refractivity contribution in [2.24, 2.45) is 5.73 Å². The van der Waals surface area contributed by atoms with Crippen molar-refractivity contribution < 1.29 is 23.1 Å². The number of halogens is 2. The van der Waals surface area contributed by atoms with Gasteiger partial charge >= 0.3 is 5.97 Å². The quantitative estimate of drug-likeness (QED) is 0.630. The Morgan fingerprint density at radius 3 is 2.61 bits per heavy atom. The molecule has 2 N–H and O–H groups in total. The van der Waals surface area contributed by atoms with Gasteiger partial charge in [-0.25, -0.2) is 8.78 Å². The van der Waals surface area contributed by atoms with Crippen LogP contribution in [0.3, 0.4) is 0 Å². The largest absolute Gasteiger partial charge is 0.456 e. The summed E-state index contributed by atoms with van der Waals surface area (Å²) < 4.78 is 30.0. The number of esters is 1. The first-order valence-electron chi connectivity index (χ1n) is 5.01. The van der Waals surface area contributed by atoms with Gasteiger partial charge in [0.2, 0.25) is 0 Å². The number of carbonyl (C=O) groups is 2. The van der Waals surface area contributed by atoms with Crippen LogP contribution in [-0.4, -0.2) is 24.2 Å². The lowest BCUT2D eigenvalue weighted by Crippen LogP contribution is -2.20. The molecule has 1 aromatic carbocycles. The smallest absolute Gasteiger partial charge is 0.307 e. The Morgan fingerprint density at radius 2 is 2.00 bits per heavy atom. The Morgan fingerprint density at radius 1 is 1.28 bits per heavy atom. The number of primary amides is 1. The number of hydrogen-bond donors (Lipinski definition) is 1. The molecule has 0 unspecified atom stereocenters. The molecule has 1 aromatic rings. The number of hydrogen-bond acceptors (Lipinski definition) is 4. The molecule has 0 spiro atoms. The minimum absolute atomic E-state index is 0.0525. The molecular weight excluding hydrogens is 264 g/mol. The molecule has 0 aliphatic rings. The summed E-state index contributed by atoms with van der Waals surface area (Å²) >= 11 is 1.18.